The largest absolute Gasteiger partial charge is 0.491 e. The van der Waals surface area contributed by atoms with E-state index in [1.165, 1.54) is 0 Å². The van der Waals surface area contributed by atoms with Gasteiger partial charge in [0.25, 0.3) is 0 Å². The Hall–Kier alpha value is -1.75. The van der Waals surface area contributed by atoms with Gasteiger partial charge in [-0.15, -0.1) is 0 Å². The fraction of sp³-hybridized carbons (Fsp3) is 0.588. The number of anilines is 1. The van der Waals surface area contributed by atoms with Crippen LogP contribution < -0.4 is 10.5 Å². The van der Waals surface area contributed by atoms with Crippen LogP contribution in [0.5, 0.6) is 5.75 Å². The van der Waals surface area contributed by atoms with Crippen molar-refractivity contribution in [1.82, 2.24) is 4.90 Å². The summed E-state index contributed by atoms with van der Waals surface area (Å²) in [6.45, 7) is 7.16. The Balaban J connectivity index is 2.73. The molecular weight excluding hydrogens is 280 g/mol. The Morgan fingerprint density at radius 2 is 2.00 bits per heavy atom. The predicted molar refractivity (Wildman–Crippen MR) is 89.2 cm³/mol. The quantitative estimate of drug-likeness (QED) is 0.591. The monoisotopic (exact) mass is 308 g/mol. The summed E-state index contributed by atoms with van der Waals surface area (Å²) in [5.74, 6) is 0.579. The first-order valence-electron chi connectivity index (χ1n) is 7.72. The Morgan fingerprint density at radius 1 is 1.32 bits per heavy atom. The lowest BCUT2D eigenvalue weighted by atomic mass is 10.0. The number of likely N-dealkylation sites (N-methyl/N-ethyl adjacent to an activating group) is 1. The van der Waals surface area contributed by atoms with E-state index in [2.05, 4.69) is 18.7 Å². The van der Waals surface area contributed by atoms with E-state index in [-0.39, 0.29) is 12.0 Å². The van der Waals surface area contributed by atoms with Gasteiger partial charge in [-0.3, -0.25) is 0 Å². The summed E-state index contributed by atoms with van der Waals surface area (Å²) in [6.07, 6.45) is 0.882. The SMILES string of the molecule is CCCOc1cc(C(=O)OCC(C(C)C)N(C)C)ccc1N. The van der Waals surface area contributed by atoms with E-state index in [0.29, 0.717) is 36.1 Å². The number of carbonyl (C=O) groups is 1. The lowest BCUT2D eigenvalue weighted by molar-refractivity contribution is 0.0350. The van der Waals surface area contributed by atoms with Crippen LogP contribution in [0.3, 0.4) is 0 Å². The topological polar surface area (TPSA) is 64.8 Å². The highest BCUT2D eigenvalue weighted by molar-refractivity contribution is 5.90. The summed E-state index contributed by atoms with van der Waals surface area (Å²) < 4.78 is 11.0. The number of rotatable bonds is 8. The summed E-state index contributed by atoms with van der Waals surface area (Å²) in [5.41, 5.74) is 6.83. The molecule has 1 aromatic rings. The average molecular weight is 308 g/mol. The summed E-state index contributed by atoms with van der Waals surface area (Å²) in [7, 11) is 3.97. The minimum atomic E-state index is -0.353. The number of benzene rings is 1. The highest BCUT2D eigenvalue weighted by Crippen LogP contribution is 2.23. The number of hydrogen-bond acceptors (Lipinski definition) is 5. The maximum atomic E-state index is 12.2. The molecule has 1 rings (SSSR count). The van der Waals surface area contributed by atoms with Crippen LogP contribution in [0.25, 0.3) is 0 Å². The molecule has 0 fully saturated rings. The first-order chi connectivity index (χ1) is 10.4. The highest BCUT2D eigenvalue weighted by Gasteiger charge is 2.19. The Bertz CT molecular complexity index is 479. The maximum Gasteiger partial charge on any atom is 0.338 e. The average Bonchev–Trinajstić information content (AvgIpc) is 2.45. The molecule has 0 radical (unpaired) electrons. The number of hydrogen-bond donors (Lipinski definition) is 1. The van der Waals surface area contributed by atoms with Crippen molar-refractivity contribution in [2.24, 2.45) is 5.92 Å². The molecule has 124 valence electrons. The van der Waals surface area contributed by atoms with Crippen LogP contribution >= 0.6 is 0 Å². The zero-order valence-corrected chi connectivity index (χ0v) is 14.3. The van der Waals surface area contributed by atoms with Gasteiger partial charge in [-0.25, -0.2) is 4.79 Å². The van der Waals surface area contributed by atoms with Crippen molar-refractivity contribution in [1.29, 1.82) is 0 Å². The van der Waals surface area contributed by atoms with Crippen LogP contribution in [0, 0.1) is 5.92 Å². The van der Waals surface area contributed by atoms with Gasteiger partial charge in [0, 0.05) is 6.04 Å². The van der Waals surface area contributed by atoms with Gasteiger partial charge in [-0.1, -0.05) is 20.8 Å². The predicted octanol–water partition coefficient (Wildman–Crippen LogP) is 2.80. The normalized spacial score (nSPS) is 12.5. The van der Waals surface area contributed by atoms with Crippen molar-refractivity contribution in [3.05, 3.63) is 23.8 Å². The fourth-order valence-electron chi connectivity index (χ4n) is 2.18. The zero-order valence-electron chi connectivity index (χ0n) is 14.3. The second-order valence-electron chi connectivity index (χ2n) is 5.97. The standard InChI is InChI=1S/C17H28N2O3/c1-6-9-21-16-10-13(7-8-14(16)18)17(20)22-11-15(12(2)3)19(4)5/h7-8,10,12,15H,6,9,11,18H2,1-5H3. The number of nitrogens with zero attached hydrogens (tertiary/aromatic N) is 1. The molecule has 0 aliphatic carbocycles. The van der Waals surface area contributed by atoms with E-state index in [1.54, 1.807) is 18.2 Å². The smallest absolute Gasteiger partial charge is 0.338 e. The molecule has 0 heterocycles. The molecule has 1 aromatic carbocycles. The highest BCUT2D eigenvalue weighted by atomic mass is 16.5. The molecule has 5 heteroatoms. The van der Waals surface area contributed by atoms with Gasteiger partial charge in [0.05, 0.1) is 17.9 Å². The molecule has 1 atom stereocenters. The van der Waals surface area contributed by atoms with Gasteiger partial charge in [0.2, 0.25) is 0 Å². The van der Waals surface area contributed by atoms with Crippen molar-refractivity contribution in [3.8, 4) is 5.75 Å². The molecule has 0 aliphatic heterocycles. The van der Waals surface area contributed by atoms with E-state index < -0.39 is 0 Å². The Morgan fingerprint density at radius 3 is 2.55 bits per heavy atom. The number of esters is 1. The first-order valence-corrected chi connectivity index (χ1v) is 7.72. The Labute approximate surface area is 133 Å². The summed E-state index contributed by atoms with van der Waals surface area (Å²) in [5, 5.41) is 0. The molecule has 0 amide bonds. The third-order valence-corrected chi connectivity index (χ3v) is 3.53. The lowest BCUT2D eigenvalue weighted by Gasteiger charge is -2.27. The molecule has 0 aliphatic rings. The van der Waals surface area contributed by atoms with Crippen molar-refractivity contribution < 1.29 is 14.3 Å². The van der Waals surface area contributed by atoms with Crippen LogP contribution in [-0.2, 0) is 4.74 Å². The van der Waals surface area contributed by atoms with Crippen molar-refractivity contribution in [2.75, 3.05) is 33.0 Å². The minimum Gasteiger partial charge on any atom is -0.491 e. The maximum absolute atomic E-state index is 12.2. The second-order valence-corrected chi connectivity index (χ2v) is 5.97. The molecule has 0 saturated carbocycles. The molecular formula is C17H28N2O3. The van der Waals surface area contributed by atoms with Crippen LogP contribution in [0.15, 0.2) is 18.2 Å². The summed E-state index contributed by atoms with van der Waals surface area (Å²) >= 11 is 0. The molecule has 0 aromatic heterocycles. The zero-order chi connectivity index (χ0) is 16.7. The van der Waals surface area contributed by atoms with E-state index >= 15 is 0 Å². The van der Waals surface area contributed by atoms with Crippen molar-refractivity contribution >= 4 is 11.7 Å². The van der Waals surface area contributed by atoms with Crippen LogP contribution in [0.4, 0.5) is 5.69 Å². The van der Waals surface area contributed by atoms with E-state index in [0.717, 1.165) is 6.42 Å². The van der Waals surface area contributed by atoms with Crippen LogP contribution in [0.2, 0.25) is 0 Å². The minimum absolute atomic E-state index is 0.188. The second kappa shape index (κ2) is 8.63. The van der Waals surface area contributed by atoms with Gasteiger partial charge < -0.3 is 20.1 Å². The lowest BCUT2D eigenvalue weighted by Crippen LogP contribution is -2.37. The van der Waals surface area contributed by atoms with E-state index in [1.807, 2.05) is 21.0 Å². The van der Waals surface area contributed by atoms with Crippen LogP contribution in [-0.4, -0.2) is 44.2 Å². The van der Waals surface area contributed by atoms with E-state index in [9.17, 15) is 4.79 Å². The van der Waals surface area contributed by atoms with Gasteiger partial charge in [-0.05, 0) is 44.6 Å². The summed E-state index contributed by atoms with van der Waals surface area (Å²) in [4.78, 5) is 14.3. The molecule has 2 N–H and O–H groups in total. The van der Waals surface area contributed by atoms with Gasteiger partial charge in [-0.2, -0.15) is 0 Å². The van der Waals surface area contributed by atoms with Gasteiger partial charge in [0.15, 0.2) is 0 Å². The molecule has 1 unspecified atom stereocenters. The molecule has 0 bridgehead atoms. The van der Waals surface area contributed by atoms with Gasteiger partial charge >= 0.3 is 5.97 Å². The Kier molecular flexibility index (Phi) is 7.18. The van der Waals surface area contributed by atoms with Crippen LogP contribution in [0.1, 0.15) is 37.6 Å². The number of carbonyl (C=O) groups excluding carboxylic acids is 1. The molecule has 0 saturated heterocycles. The fourth-order valence-corrected chi connectivity index (χ4v) is 2.18. The number of ether oxygens (including phenoxy) is 2. The third-order valence-electron chi connectivity index (χ3n) is 3.53. The molecule has 5 nitrogen and oxygen atoms in total. The molecule has 0 spiro atoms. The third kappa shape index (κ3) is 5.22. The van der Waals surface area contributed by atoms with E-state index in [4.69, 9.17) is 15.2 Å². The first kappa shape index (κ1) is 18.3. The molecule has 22 heavy (non-hydrogen) atoms. The summed E-state index contributed by atoms with van der Waals surface area (Å²) in [6, 6.07) is 5.17. The van der Waals surface area contributed by atoms with Gasteiger partial charge in [0.1, 0.15) is 12.4 Å². The van der Waals surface area contributed by atoms with Crippen molar-refractivity contribution in [3.63, 3.8) is 0 Å². The number of nitrogen functional groups attached to an aromatic ring is 1. The number of nitrogens with two attached hydrogens (primary N) is 1. The van der Waals surface area contributed by atoms with Crippen molar-refractivity contribution in [2.45, 2.75) is 33.2 Å².